The first kappa shape index (κ1) is 14.5. The van der Waals surface area contributed by atoms with Crippen molar-refractivity contribution in [2.75, 3.05) is 13.7 Å². The van der Waals surface area contributed by atoms with Crippen LogP contribution in [0.4, 0.5) is 0 Å². The van der Waals surface area contributed by atoms with Crippen LogP contribution in [0.1, 0.15) is 25.8 Å². The molecular weight excluding hydrogens is 278 g/mol. The van der Waals surface area contributed by atoms with Crippen LogP contribution >= 0.6 is 15.9 Å². The van der Waals surface area contributed by atoms with Gasteiger partial charge in [-0.1, -0.05) is 29.8 Å². The minimum absolute atomic E-state index is 0.526. The smallest absolute Gasteiger partial charge is 0.122 e. The van der Waals surface area contributed by atoms with Crippen LogP contribution in [0, 0.1) is 11.8 Å². The van der Waals surface area contributed by atoms with Crippen LogP contribution in [0.5, 0.6) is 5.75 Å². The molecular formula is C14H22BrNO. The molecule has 0 spiro atoms. The Morgan fingerprint density at radius 2 is 2.06 bits per heavy atom. The molecule has 0 saturated carbocycles. The first-order chi connectivity index (χ1) is 8.06. The predicted molar refractivity (Wildman–Crippen MR) is 76.4 cm³/mol. The maximum Gasteiger partial charge on any atom is 0.122 e. The maximum atomic E-state index is 5.85. The molecule has 0 aliphatic carbocycles. The zero-order chi connectivity index (χ0) is 12.8. The van der Waals surface area contributed by atoms with Crippen LogP contribution in [0.25, 0.3) is 0 Å². The van der Waals surface area contributed by atoms with Gasteiger partial charge in [0.1, 0.15) is 5.75 Å². The van der Waals surface area contributed by atoms with Gasteiger partial charge in [-0.2, -0.15) is 0 Å². The number of halogens is 1. The summed E-state index contributed by atoms with van der Waals surface area (Å²) in [7, 11) is 1.71. The van der Waals surface area contributed by atoms with Gasteiger partial charge in [0.05, 0.1) is 7.11 Å². The first-order valence-corrected chi connectivity index (χ1v) is 6.88. The normalized spacial score (nSPS) is 12.8. The fraction of sp³-hybridized carbons (Fsp3) is 0.571. The van der Waals surface area contributed by atoms with E-state index in [0.717, 1.165) is 29.6 Å². The molecule has 0 bridgehead atoms. The quantitative estimate of drug-likeness (QED) is 0.871. The lowest BCUT2D eigenvalue weighted by Crippen LogP contribution is -2.19. The maximum absolute atomic E-state index is 5.85. The molecule has 17 heavy (non-hydrogen) atoms. The average molecular weight is 300 g/mol. The molecule has 2 nitrogen and oxygen atoms in total. The second kappa shape index (κ2) is 7.02. The molecule has 96 valence electrons. The molecule has 0 radical (unpaired) electrons. The first-order valence-electron chi connectivity index (χ1n) is 6.09. The fourth-order valence-corrected chi connectivity index (χ4v) is 2.56. The standard InChI is InChI=1S/C14H22BrNO/c1-10(2)6-11(9-16)7-12-8-13(15)4-5-14(12)17-3/h4-5,8,10-11H,6-7,9,16H2,1-3H3. The Morgan fingerprint density at radius 3 is 2.59 bits per heavy atom. The summed E-state index contributed by atoms with van der Waals surface area (Å²) in [4.78, 5) is 0. The molecule has 0 aromatic heterocycles. The second-order valence-corrected chi connectivity index (χ2v) is 5.81. The number of hydrogen-bond acceptors (Lipinski definition) is 2. The van der Waals surface area contributed by atoms with E-state index in [9.17, 15) is 0 Å². The highest BCUT2D eigenvalue weighted by Gasteiger charge is 2.13. The van der Waals surface area contributed by atoms with Gasteiger partial charge in [-0.05, 0) is 55.0 Å². The molecule has 1 aromatic carbocycles. The Labute approximate surface area is 113 Å². The topological polar surface area (TPSA) is 35.2 Å². The number of ether oxygens (including phenoxy) is 1. The number of methoxy groups -OCH3 is 1. The summed E-state index contributed by atoms with van der Waals surface area (Å²) in [6.07, 6.45) is 2.14. The third-order valence-electron chi connectivity index (χ3n) is 2.89. The van der Waals surface area contributed by atoms with Crippen LogP contribution in [-0.4, -0.2) is 13.7 Å². The van der Waals surface area contributed by atoms with Crippen LogP contribution < -0.4 is 10.5 Å². The lowest BCUT2D eigenvalue weighted by Gasteiger charge is -2.18. The van der Waals surface area contributed by atoms with Crippen molar-refractivity contribution in [1.29, 1.82) is 0 Å². The molecule has 1 unspecified atom stereocenters. The van der Waals surface area contributed by atoms with E-state index in [1.54, 1.807) is 7.11 Å². The summed E-state index contributed by atoms with van der Waals surface area (Å²) >= 11 is 3.50. The van der Waals surface area contributed by atoms with Crippen molar-refractivity contribution in [1.82, 2.24) is 0 Å². The van der Waals surface area contributed by atoms with Crippen molar-refractivity contribution in [2.45, 2.75) is 26.7 Å². The van der Waals surface area contributed by atoms with Crippen molar-refractivity contribution in [3.05, 3.63) is 28.2 Å². The fourth-order valence-electron chi connectivity index (χ4n) is 2.15. The molecule has 1 aromatic rings. The van der Waals surface area contributed by atoms with Gasteiger partial charge in [0.15, 0.2) is 0 Å². The van der Waals surface area contributed by atoms with Crippen LogP contribution in [0.3, 0.4) is 0 Å². The van der Waals surface area contributed by atoms with Crippen LogP contribution in [-0.2, 0) is 6.42 Å². The summed E-state index contributed by atoms with van der Waals surface area (Å²) in [5.74, 6) is 2.16. The molecule has 0 heterocycles. The van der Waals surface area contributed by atoms with Crippen molar-refractivity contribution < 1.29 is 4.74 Å². The number of hydrogen-bond donors (Lipinski definition) is 1. The highest BCUT2D eigenvalue weighted by atomic mass is 79.9. The van der Waals surface area contributed by atoms with E-state index < -0.39 is 0 Å². The van der Waals surface area contributed by atoms with Gasteiger partial charge in [0.25, 0.3) is 0 Å². The summed E-state index contributed by atoms with van der Waals surface area (Å²) < 4.78 is 6.48. The zero-order valence-corrected chi connectivity index (χ0v) is 12.5. The van der Waals surface area contributed by atoms with E-state index in [-0.39, 0.29) is 0 Å². The number of rotatable bonds is 6. The SMILES string of the molecule is COc1ccc(Br)cc1CC(CN)CC(C)C. The van der Waals surface area contributed by atoms with Crippen molar-refractivity contribution in [3.8, 4) is 5.75 Å². The number of nitrogens with two attached hydrogens (primary N) is 1. The Bertz CT molecular complexity index is 352. The summed E-state index contributed by atoms with van der Waals surface area (Å²) in [5, 5.41) is 0. The molecule has 0 amide bonds. The van der Waals surface area contributed by atoms with Crippen molar-refractivity contribution in [2.24, 2.45) is 17.6 Å². The van der Waals surface area contributed by atoms with Gasteiger partial charge in [0.2, 0.25) is 0 Å². The molecule has 0 aliphatic rings. The Hall–Kier alpha value is -0.540. The Morgan fingerprint density at radius 1 is 1.35 bits per heavy atom. The van der Waals surface area contributed by atoms with Gasteiger partial charge in [-0.15, -0.1) is 0 Å². The molecule has 0 aliphatic heterocycles. The van der Waals surface area contributed by atoms with Crippen molar-refractivity contribution in [3.63, 3.8) is 0 Å². The highest BCUT2D eigenvalue weighted by Crippen LogP contribution is 2.27. The molecule has 3 heteroatoms. The second-order valence-electron chi connectivity index (χ2n) is 4.89. The minimum atomic E-state index is 0.526. The molecule has 1 rings (SSSR count). The third-order valence-corrected chi connectivity index (χ3v) is 3.38. The summed E-state index contributed by atoms with van der Waals surface area (Å²) in [6, 6.07) is 6.13. The summed E-state index contributed by atoms with van der Waals surface area (Å²) in [6.45, 7) is 5.20. The van der Waals surface area contributed by atoms with E-state index in [2.05, 4.69) is 35.8 Å². The monoisotopic (exact) mass is 299 g/mol. The molecule has 0 fully saturated rings. The van der Waals surface area contributed by atoms with E-state index in [1.165, 1.54) is 5.56 Å². The largest absolute Gasteiger partial charge is 0.496 e. The van der Waals surface area contributed by atoms with Crippen molar-refractivity contribution >= 4 is 15.9 Å². The lowest BCUT2D eigenvalue weighted by atomic mass is 9.91. The van der Waals surface area contributed by atoms with Gasteiger partial charge in [-0.25, -0.2) is 0 Å². The lowest BCUT2D eigenvalue weighted by molar-refractivity contribution is 0.387. The van der Waals surface area contributed by atoms with Gasteiger partial charge >= 0.3 is 0 Å². The van der Waals surface area contributed by atoms with E-state index in [1.807, 2.05) is 12.1 Å². The van der Waals surface area contributed by atoms with Gasteiger partial charge < -0.3 is 10.5 Å². The predicted octanol–water partition coefficient (Wildman–Crippen LogP) is 3.62. The van der Waals surface area contributed by atoms with E-state index in [4.69, 9.17) is 10.5 Å². The Balaban J connectivity index is 2.80. The highest BCUT2D eigenvalue weighted by molar-refractivity contribution is 9.10. The Kier molecular flexibility index (Phi) is 6.00. The zero-order valence-electron chi connectivity index (χ0n) is 10.9. The average Bonchev–Trinajstić information content (AvgIpc) is 2.28. The minimum Gasteiger partial charge on any atom is -0.496 e. The van der Waals surface area contributed by atoms with E-state index in [0.29, 0.717) is 11.8 Å². The van der Waals surface area contributed by atoms with Crippen LogP contribution in [0.15, 0.2) is 22.7 Å². The molecule has 1 atom stereocenters. The van der Waals surface area contributed by atoms with E-state index >= 15 is 0 Å². The summed E-state index contributed by atoms with van der Waals surface area (Å²) in [5.41, 5.74) is 7.08. The van der Waals surface area contributed by atoms with Gasteiger partial charge in [-0.3, -0.25) is 0 Å². The van der Waals surface area contributed by atoms with Gasteiger partial charge in [0, 0.05) is 4.47 Å². The third kappa shape index (κ3) is 4.68. The number of benzene rings is 1. The molecule has 2 N–H and O–H groups in total. The van der Waals surface area contributed by atoms with Crippen LogP contribution in [0.2, 0.25) is 0 Å². The molecule has 0 saturated heterocycles.